The van der Waals surface area contributed by atoms with Crippen molar-refractivity contribution < 1.29 is 0 Å². The summed E-state index contributed by atoms with van der Waals surface area (Å²) in [7, 11) is 0. The number of benzene rings is 1. The number of fused-ring (bicyclic) bond motifs is 7. The van der Waals surface area contributed by atoms with Gasteiger partial charge in [-0.1, -0.05) is 25.3 Å². The van der Waals surface area contributed by atoms with Crippen molar-refractivity contribution in [2.75, 3.05) is 13.1 Å². The molecule has 1 aromatic carbocycles. The van der Waals surface area contributed by atoms with Crippen LogP contribution in [-0.4, -0.2) is 27.6 Å². The molecule has 2 aromatic heterocycles. The molecule has 1 saturated carbocycles. The molecule has 0 bridgehead atoms. The van der Waals surface area contributed by atoms with Crippen LogP contribution in [0.4, 0.5) is 0 Å². The second-order valence-corrected chi connectivity index (χ2v) is 9.87. The van der Waals surface area contributed by atoms with Gasteiger partial charge in [-0.3, -0.25) is 9.36 Å². The summed E-state index contributed by atoms with van der Waals surface area (Å²) in [6.07, 6.45) is 10.1. The van der Waals surface area contributed by atoms with Crippen LogP contribution in [0.1, 0.15) is 67.8 Å². The van der Waals surface area contributed by atoms with E-state index >= 15 is 0 Å². The topological polar surface area (TPSA) is 59.8 Å². The Balaban J connectivity index is 1.64. The van der Waals surface area contributed by atoms with E-state index in [0.717, 1.165) is 60.4 Å². The monoisotopic (exact) mass is 464 g/mol. The average molecular weight is 465 g/mol. The van der Waals surface area contributed by atoms with E-state index in [1.165, 1.54) is 30.4 Å². The third-order valence-corrected chi connectivity index (χ3v) is 8.09. The zero-order valence-electron chi connectivity index (χ0n) is 17.0. The van der Waals surface area contributed by atoms with Crippen LogP contribution in [0, 0.1) is 0 Å². The summed E-state index contributed by atoms with van der Waals surface area (Å²) in [5.41, 5.74) is 3.23. The Morgan fingerprint density at radius 3 is 2.73 bits per heavy atom. The molecule has 4 heterocycles. The third kappa shape index (κ3) is 2.59. The first-order valence-electron chi connectivity index (χ1n) is 11.1. The van der Waals surface area contributed by atoms with Crippen molar-refractivity contribution in [2.45, 2.75) is 56.3 Å². The van der Waals surface area contributed by atoms with Crippen molar-refractivity contribution in [1.29, 1.82) is 0 Å². The van der Waals surface area contributed by atoms with Gasteiger partial charge in [-0.05, 0) is 84.4 Å². The summed E-state index contributed by atoms with van der Waals surface area (Å²) in [6, 6.07) is 8.35. The molecule has 30 heavy (non-hydrogen) atoms. The zero-order chi connectivity index (χ0) is 20.3. The van der Waals surface area contributed by atoms with Crippen molar-refractivity contribution in [1.82, 2.24) is 19.9 Å². The Hall–Kier alpha value is -2.05. The SMILES string of the molecule is O=c1nc2n(c3cccc(Br)c13)-c1ncc(C3CCNCC3)cc1C21CCCCC1. The largest absolute Gasteiger partial charge is 0.317 e. The maximum absolute atomic E-state index is 13.1. The Bertz CT molecular complexity index is 1210. The molecule has 154 valence electrons. The van der Waals surface area contributed by atoms with Crippen LogP contribution in [-0.2, 0) is 5.41 Å². The number of halogens is 1. The van der Waals surface area contributed by atoms with Gasteiger partial charge < -0.3 is 5.32 Å². The zero-order valence-corrected chi connectivity index (χ0v) is 18.5. The lowest BCUT2D eigenvalue weighted by Gasteiger charge is -2.34. The van der Waals surface area contributed by atoms with Crippen LogP contribution >= 0.6 is 15.9 Å². The van der Waals surface area contributed by atoms with Crippen LogP contribution in [0.15, 0.2) is 39.7 Å². The minimum absolute atomic E-state index is 0.139. The van der Waals surface area contributed by atoms with Gasteiger partial charge in [-0.2, -0.15) is 4.98 Å². The lowest BCUT2D eigenvalue weighted by molar-refractivity contribution is 0.338. The first-order valence-corrected chi connectivity index (χ1v) is 11.9. The summed E-state index contributed by atoms with van der Waals surface area (Å²) in [4.78, 5) is 22.8. The number of hydrogen-bond acceptors (Lipinski definition) is 4. The summed E-state index contributed by atoms with van der Waals surface area (Å²) >= 11 is 3.57. The normalized spacial score (nSPS) is 20.4. The molecule has 0 unspecified atom stereocenters. The lowest BCUT2D eigenvalue weighted by Crippen LogP contribution is -2.32. The summed E-state index contributed by atoms with van der Waals surface area (Å²) < 4.78 is 2.97. The molecule has 2 fully saturated rings. The Morgan fingerprint density at radius 2 is 1.93 bits per heavy atom. The molecule has 6 rings (SSSR count). The van der Waals surface area contributed by atoms with E-state index in [1.54, 1.807) is 0 Å². The molecule has 0 radical (unpaired) electrons. The van der Waals surface area contributed by atoms with Crippen molar-refractivity contribution >= 4 is 26.8 Å². The van der Waals surface area contributed by atoms with Gasteiger partial charge in [0.2, 0.25) is 0 Å². The van der Waals surface area contributed by atoms with Gasteiger partial charge in [0.1, 0.15) is 11.6 Å². The fraction of sp³-hybridized carbons (Fsp3) is 0.458. The molecular weight excluding hydrogens is 440 g/mol. The Labute approximate surface area is 184 Å². The third-order valence-electron chi connectivity index (χ3n) is 7.43. The fourth-order valence-corrected chi connectivity index (χ4v) is 6.44. The average Bonchev–Trinajstić information content (AvgIpc) is 3.04. The van der Waals surface area contributed by atoms with E-state index < -0.39 is 0 Å². The van der Waals surface area contributed by atoms with Gasteiger partial charge in [-0.15, -0.1) is 0 Å². The second-order valence-electron chi connectivity index (χ2n) is 9.02. The van der Waals surface area contributed by atoms with Crippen LogP contribution in [0.25, 0.3) is 16.7 Å². The van der Waals surface area contributed by atoms with Gasteiger partial charge in [-0.25, -0.2) is 4.98 Å². The summed E-state index contributed by atoms with van der Waals surface area (Å²) in [6.45, 7) is 2.14. The van der Waals surface area contributed by atoms with Gasteiger partial charge in [0.05, 0.1) is 16.3 Å². The fourth-order valence-electron chi connectivity index (χ4n) is 5.91. The van der Waals surface area contributed by atoms with Gasteiger partial charge >= 0.3 is 0 Å². The number of nitrogens with zero attached hydrogens (tertiary/aromatic N) is 3. The molecule has 0 atom stereocenters. The van der Waals surface area contributed by atoms with E-state index in [2.05, 4.69) is 38.1 Å². The maximum Gasteiger partial charge on any atom is 0.281 e. The second kappa shape index (κ2) is 6.99. The smallest absolute Gasteiger partial charge is 0.281 e. The van der Waals surface area contributed by atoms with Crippen molar-refractivity contribution in [3.63, 3.8) is 0 Å². The highest BCUT2D eigenvalue weighted by molar-refractivity contribution is 9.10. The molecule has 0 amide bonds. The van der Waals surface area contributed by atoms with Crippen molar-refractivity contribution in [3.05, 3.63) is 62.2 Å². The van der Waals surface area contributed by atoms with Gasteiger partial charge in [0.25, 0.3) is 5.56 Å². The van der Waals surface area contributed by atoms with Crippen LogP contribution in [0.2, 0.25) is 0 Å². The van der Waals surface area contributed by atoms with Crippen LogP contribution < -0.4 is 10.9 Å². The highest BCUT2D eigenvalue weighted by atomic mass is 79.9. The predicted octanol–water partition coefficient (Wildman–Crippen LogP) is 4.57. The lowest BCUT2D eigenvalue weighted by atomic mass is 9.69. The highest BCUT2D eigenvalue weighted by Gasteiger charge is 2.47. The van der Waals surface area contributed by atoms with E-state index in [0.29, 0.717) is 11.3 Å². The molecule has 1 spiro atoms. The van der Waals surface area contributed by atoms with Crippen LogP contribution in [0.5, 0.6) is 0 Å². The number of pyridine rings is 1. The van der Waals surface area contributed by atoms with E-state index in [4.69, 9.17) is 9.97 Å². The maximum atomic E-state index is 13.1. The molecule has 5 nitrogen and oxygen atoms in total. The minimum atomic E-state index is -0.181. The van der Waals surface area contributed by atoms with Crippen LogP contribution in [0.3, 0.4) is 0 Å². The summed E-state index contributed by atoms with van der Waals surface area (Å²) in [5.74, 6) is 2.44. The predicted molar refractivity (Wildman–Crippen MR) is 122 cm³/mol. The molecule has 3 aromatic rings. The number of rotatable bonds is 1. The Kier molecular flexibility index (Phi) is 4.36. The molecule has 1 N–H and O–H groups in total. The van der Waals surface area contributed by atoms with Gasteiger partial charge in [0, 0.05) is 16.2 Å². The number of hydrogen-bond donors (Lipinski definition) is 1. The van der Waals surface area contributed by atoms with E-state index in [1.807, 2.05) is 18.2 Å². The standard InChI is InChI=1S/C24H25BrN4O/c25-18-5-4-6-19-20(18)22(30)28-23-24(9-2-1-3-10-24)17-13-16(14-27-21(17)29(19)23)15-7-11-26-12-8-15/h4-6,13-15,26H,1-3,7-12H2. The van der Waals surface area contributed by atoms with E-state index in [9.17, 15) is 4.79 Å². The quantitative estimate of drug-likeness (QED) is 0.572. The highest BCUT2D eigenvalue weighted by Crippen LogP contribution is 2.51. The number of piperidine rings is 1. The number of aromatic nitrogens is 3. The minimum Gasteiger partial charge on any atom is -0.317 e. The molecule has 1 saturated heterocycles. The molecule has 6 heteroatoms. The Morgan fingerprint density at radius 1 is 1.13 bits per heavy atom. The van der Waals surface area contributed by atoms with Crippen molar-refractivity contribution in [3.8, 4) is 5.82 Å². The summed E-state index contributed by atoms with van der Waals surface area (Å²) in [5, 5.41) is 4.11. The molecule has 1 aliphatic carbocycles. The van der Waals surface area contributed by atoms with E-state index in [-0.39, 0.29) is 11.0 Å². The van der Waals surface area contributed by atoms with Gasteiger partial charge in [0.15, 0.2) is 0 Å². The molecule has 2 aliphatic heterocycles. The number of nitrogens with one attached hydrogen (secondary N) is 1. The molecule has 3 aliphatic rings. The first kappa shape index (κ1) is 18.7. The molecular formula is C24H25BrN4O. The first-order chi connectivity index (χ1) is 14.7. The van der Waals surface area contributed by atoms with Crippen molar-refractivity contribution in [2.24, 2.45) is 0 Å².